The minimum absolute atomic E-state index is 0.291. The van der Waals surface area contributed by atoms with Crippen molar-refractivity contribution in [1.29, 1.82) is 0 Å². The molecule has 3 heteroatoms. The standard InChI is InChI=1S/C17H35N3/c1-14(2)11-19-9-7-17(13-18,8-10-19)20(12-15(3)4)16-5-6-16/h14-16H,5-13,18H2,1-4H3. The van der Waals surface area contributed by atoms with Crippen LogP contribution >= 0.6 is 0 Å². The topological polar surface area (TPSA) is 32.5 Å². The van der Waals surface area contributed by atoms with Crippen LogP contribution in [0.25, 0.3) is 0 Å². The highest BCUT2D eigenvalue weighted by Crippen LogP contribution is 2.38. The van der Waals surface area contributed by atoms with Gasteiger partial charge in [0.2, 0.25) is 0 Å². The molecule has 0 spiro atoms. The molecule has 0 aromatic carbocycles. The Hall–Kier alpha value is -0.120. The molecule has 20 heavy (non-hydrogen) atoms. The van der Waals surface area contributed by atoms with Gasteiger partial charge in [0, 0.05) is 31.2 Å². The lowest BCUT2D eigenvalue weighted by molar-refractivity contribution is 0.0102. The molecule has 1 aliphatic carbocycles. The summed E-state index contributed by atoms with van der Waals surface area (Å²) in [7, 11) is 0. The van der Waals surface area contributed by atoms with Gasteiger partial charge < -0.3 is 10.6 Å². The lowest BCUT2D eigenvalue weighted by Crippen LogP contribution is -2.61. The predicted molar refractivity (Wildman–Crippen MR) is 86.9 cm³/mol. The third kappa shape index (κ3) is 3.96. The van der Waals surface area contributed by atoms with Crippen molar-refractivity contribution >= 4 is 0 Å². The van der Waals surface area contributed by atoms with Crippen molar-refractivity contribution in [2.45, 2.75) is 65.0 Å². The third-order valence-electron chi connectivity index (χ3n) is 4.95. The van der Waals surface area contributed by atoms with E-state index in [2.05, 4.69) is 37.5 Å². The first-order chi connectivity index (χ1) is 9.47. The van der Waals surface area contributed by atoms with Gasteiger partial charge in [-0.3, -0.25) is 4.90 Å². The Labute approximate surface area is 125 Å². The van der Waals surface area contributed by atoms with Crippen LogP contribution in [0, 0.1) is 11.8 Å². The average Bonchev–Trinajstić information content (AvgIpc) is 3.21. The SMILES string of the molecule is CC(C)CN1CCC(CN)(N(CC(C)C)C2CC2)CC1. The maximum atomic E-state index is 6.27. The molecule has 118 valence electrons. The second-order valence-corrected chi connectivity index (χ2v) is 7.90. The number of hydrogen-bond donors (Lipinski definition) is 1. The Morgan fingerprint density at radius 2 is 1.70 bits per heavy atom. The molecule has 3 nitrogen and oxygen atoms in total. The Bertz CT molecular complexity index is 289. The summed E-state index contributed by atoms with van der Waals surface area (Å²) in [6.45, 7) is 15.1. The Morgan fingerprint density at radius 1 is 1.10 bits per heavy atom. The van der Waals surface area contributed by atoms with Gasteiger partial charge in [0.15, 0.2) is 0 Å². The Morgan fingerprint density at radius 3 is 2.10 bits per heavy atom. The van der Waals surface area contributed by atoms with Gasteiger partial charge in [0.25, 0.3) is 0 Å². The first-order valence-electron chi connectivity index (χ1n) is 8.66. The van der Waals surface area contributed by atoms with Crippen LogP contribution in [0.3, 0.4) is 0 Å². The third-order valence-corrected chi connectivity index (χ3v) is 4.95. The summed E-state index contributed by atoms with van der Waals surface area (Å²) in [5.74, 6) is 1.52. The van der Waals surface area contributed by atoms with Crippen LogP contribution < -0.4 is 5.73 Å². The number of nitrogens with zero attached hydrogens (tertiary/aromatic N) is 2. The molecule has 1 saturated carbocycles. The molecule has 2 fully saturated rings. The number of hydrogen-bond acceptors (Lipinski definition) is 3. The highest BCUT2D eigenvalue weighted by atomic mass is 15.3. The highest BCUT2D eigenvalue weighted by Gasteiger charge is 2.45. The summed E-state index contributed by atoms with van der Waals surface area (Å²) in [5.41, 5.74) is 6.56. The van der Waals surface area contributed by atoms with Gasteiger partial charge in [-0.15, -0.1) is 0 Å². The number of likely N-dealkylation sites (tertiary alicyclic amines) is 1. The fourth-order valence-electron chi connectivity index (χ4n) is 3.79. The number of piperidine rings is 1. The van der Waals surface area contributed by atoms with E-state index in [0.717, 1.165) is 24.4 Å². The smallest absolute Gasteiger partial charge is 0.0359 e. The zero-order valence-electron chi connectivity index (χ0n) is 14.1. The van der Waals surface area contributed by atoms with E-state index in [1.165, 1.54) is 51.9 Å². The lowest BCUT2D eigenvalue weighted by Gasteiger charge is -2.49. The fourth-order valence-corrected chi connectivity index (χ4v) is 3.79. The van der Waals surface area contributed by atoms with Gasteiger partial charge >= 0.3 is 0 Å². The summed E-state index contributed by atoms with van der Waals surface area (Å²) < 4.78 is 0. The molecule has 1 aliphatic heterocycles. The summed E-state index contributed by atoms with van der Waals surface area (Å²) in [6, 6.07) is 0.831. The normalized spacial score (nSPS) is 24.0. The van der Waals surface area contributed by atoms with E-state index in [-0.39, 0.29) is 0 Å². The van der Waals surface area contributed by atoms with Crippen molar-refractivity contribution in [1.82, 2.24) is 9.80 Å². The minimum Gasteiger partial charge on any atom is -0.329 e. The van der Waals surface area contributed by atoms with E-state index in [0.29, 0.717) is 5.54 Å². The van der Waals surface area contributed by atoms with Gasteiger partial charge in [0.1, 0.15) is 0 Å². The van der Waals surface area contributed by atoms with E-state index in [9.17, 15) is 0 Å². The summed E-state index contributed by atoms with van der Waals surface area (Å²) >= 11 is 0. The molecular formula is C17H35N3. The van der Waals surface area contributed by atoms with E-state index in [4.69, 9.17) is 5.73 Å². The summed E-state index contributed by atoms with van der Waals surface area (Å²) in [5, 5.41) is 0. The Kier molecular flexibility index (Phi) is 5.49. The van der Waals surface area contributed by atoms with Crippen LogP contribution in [-0.4, -0.2) is 54.1 Å². The average molecular weight is 281 g/mol. The molecule has 2 aliphatic rings. The van der Waals surface area contributed by atoms with Gasteiger partial charge in [-0.1, -0.05) is 27.7 Å². The van der Waals surface area contributed by atoms with Crippen LogP contribution in [-0.2, 0) is 0 Å². The first kappa shape index (κ1) is 16.3. The summed E-state index contributed by atoms with van der Waals surface area (Å²) in [4.78, 5) is 5.43. The fraction of sp³-hybridized carbons (Fsp3) is 1.00. The van der Waals surface area contributed by atoms with E-state index >= 15 is 0 Å². The maximum Gasteiger partial charge on any atom is 0.0359 e. The van der Waals surface area contributed by atoms with Gasteiger partial charge in [-0.2, -0.15) is 0 Å². The van der Waals surface area contributed by atoms with Crippen molar-refractivity contribution in [2.75, 3.05) is 32.7 Å². The molecule has 0 amide bonds. The minimum atomic E-state index is 0.291. The molecule has 0 aromatic heterocycles. The van der Waals surface area contributed by atoms with Crippen LogP contribution in [0.1, 0.15) is 53.4 Å². The van der Waals surface area contributed by atoms with Crippen LogP contribution in [0.15, 0.2) is 0 Å². The highest BCUT2D eigenvalue weighted by molar-refractivity contribution is 5.02. The van der Waals surface area contributed by atoms with E-state index in [1.54, 1.807) is 0 Å². The lowest BCUT2D eigenvalue weighted by atomic mass is 9.84. The predicted octanol–water partition coefficient (Wildman–Crippen LogP) is 2.56. The monoisotopic (exact) mass is 281 g/mol. The van der Waals surface area contributed by atoms with Crippen LogP contribution in [0.4, 0.5) is 0 Å². The van der Waals surface area contributed by atoms with Gasteiger partial charge in [-0.05, 0) is 50.6 Å². The molecule has 0 aromatic rings. The zero-order chi connectivity index (χ0) is 14.8. The Balaban J connectivity index is 1.98. The van der Waals surface area contributed by atoms with Crippen LogP contribution in [0.2, 0.25) is 0 Å². The molecule has 1 saturated heterocycles. The second kappa shape index (κ2) is 6.76. The van der Waals surface area contributed by atoms with Crippen molar-refractivity contribution in [3.8, 4) is 0 Å². The summed E-state index contributed by atoms with van der Waals surface area (Å²) in [6.07, 6.45) is 5.31. The zero-order valence-corrected chi connectivity index (χ0v) is 14.1. The van der Waals surface area contributed by atoms with Gasteiger partial charge in [0.05, 0.1) is 0 Å². The number of nitrogens with two attached hydrogens (primary N) is 1. The van der Waals surface area contributed by atoms with E-state index in [1.807, 2.05) is 0 Å². The molecule has 2 N–H and O–H groups in total. The molecule has 1 heterocycles. The molecule has 2 rings (SSSR count). The maximum absolute atomic E-state index is 6.27. The number of rotatable bonds is 7. The quantitative estimate of drug-likeness (QED) is 0.778. The van der Waals surface area contributed by atoms with E-state index < -0.39 is 0 Å². The first-order valence-corrected chi connectivity index (χ1v) is 8.66. The molecular weight excluding hydrogens is 246 g/mol. The molecule has 0 atom stereocenters. The van der Waals surface area contributed by atoms with Crippen molar-refractivity contribution in [3.05, 3.63) is 0 Å². The largest absolute Gasteiger partial charge is 0.329 e. The van der Waals surface area contributed by atoms with Gasteiger partial charge in [-0.25, -0.2) is 0 Å². The van der Waals surface area contributed by atoms with Crippen molar-refractivity contribution in [3.63, 3.8) is 0 Å². The molecule has 0 radical (unpaired) electrons. The molecule has 0 unspecified atom stereocenters. The van der Waals surface area contributed by atoms with Crippen molar-refractivity contribution < 1.29 is 0 Å². The van der Waals surface area contributed by atoms with Crippen LogP contribution in [0.5, 0.6) is 0 Å². The molecule has 0 bridgehead atoms. The van der Waals surface area contributed by atoms with Crippen molar-refractivity contribution in [2.24, 2.45) is 17.6 Å². The second-order valence-electron chi connectivity index (χ2n) is 7.90.